The fourth-order valence-electron chi connectivity index (χ4n) is 4.61. The minimum Gasteiger partial charge on any atom is -0.339 e. The molecule has 2 aliphatic rings. The number of nitrogens with zero attached hydrogens (tertiary/aromatic N) is 3. The Morgan fingerprint density at radius 3 is 2.45 bits per heavy atom. The van der Waals surface area contributed by atoms with E-state index in [9.17, 15) is 4.79 Å². The van der Waals surface area contributed by atoms with Crippen LogP contribution in [0, 0.1) is 6.92 Å². The van der Waals surface area contributed by atoms with Crippen molar-refractivity contribution >= 4 is 33.2 Å². The number of benzene rings is 2. The molecule has 0 saturated heterocycles. The highest BCUT2D eigenvalue weighted by Gasteiger charge is 2.42. The van der Waals surface area contributed by atoms with Gasteiger partial charge in [-0.1, -0.05) is 58.4 Å². The van der Waals surface area contributed by atoms with E-state index in [1.807, 2.05) is 66.2 Å². The van der Waals surface area contributed by atoms with Gasteiger partial charge in [-0.15, -0.1) is 0 Å². The Balaban J connectivity index is 1.64. The Labute approximate surface area is 187 Å². The van der Waals surface area contributed by atoms with Gasteiger partial charge in [0.2, 0.25) is 0 Å². The summed E-state index contributed by atoms with van der Waals surface area (Å²) in [6.45, 7) is 1.99. The van der Waals surface area contributed by atoms with Gasteiger partial charge in [0.25, 0.3) is 0 Å². The molecule has 150 valence electrons. The zero-order chi connectivity index (χ0) is 21.1. The molecule has 0 bridgehead atoms. The Hall–Kier alpha value is -3.51. The lowest BCUT2D eigenvalue weighted by atomic mass is 9.81. The summed E-state index contributed by atoms with van der Waals surface area (Å²) in [6.07, 6.45) is 1.76. The van der Waals surface area contributed by atoms with Gasteiger partial charge in [0, 0.05) is 38.9 Å². The maximum atomic E-state index is 13.5. The first-order chi connectivity index (χ1) is 15.1. The van der Waals surface area contributed by atoms with Gasteiger partial charge in [-0.05, 0) is 36.8 Å². The zero-order valence-corrected chi connectivity index (χ0v) is 18.2. The number of hydrogen-bond donors (Lipinski definition) is 1. The van der Waals surface area contributed by atoms with E-state index in [1.165, 1.54) is 0 Å². The molecule has 0 spiro atoms. The molecule has 1 N–H and O–H groups in total. The third-order valence-corrected chi connectivity index (χ3v) is 6.48. The number of allylic oxidation sites excluding steroid dienone is 1. The quantitative estimate of drug-likeness (QED) is 0.421. The van der Waals surface area contributed by atoms with Crippen LogP contribution in [0.1, 0.15) is 38.7 Å². The molecule has 31 heavy (non-hydrogen) atoms. The molecular formula is C25H17BrN4O. The number of ketones is 1. The summed E-state index contributed by atoms with van der Waals surface area (Å²) < 4.78 is 2.84. The second-order valence-corrected chi connectivity index (χ2v) is 8.64. The number of fused-ring (bicyclic) bond motifs is 3. The monoisotopic (exact) mass is 468 g/mol. The number of nitrogens with one attached hydrogen (secondary N) is 1. The SMILES string of the molecule is Cc1nn(-c2ccccn2)c2c1[C@@H](c1ccc(Br)cc1)C1=C(N2)c2ccccc2C1=O. The van der Waals surface area contributed by atoms with Gasteiger partial charge in [-0.25, -0.2) is 4.98 Å². The van der Waals surface area contributed by atoms with Crippen LogP contribution >= 0.6 is 15.9 Å². The molecule has 6 rings (SSSR count). The Kier molecular flexibility index (Phi) is 3.98. The fourth-order valence-corrected chi connectivity index (χ4v) is 4.88. The van der Waals surface area contributed by atoms with Crippen molar-refractivity contribution in [3.8, 4) is 5.82 Å². The second-order valence-electron chi connectivity index (χ2n) is 7.72. The molecule has 0 fully saturated rings. The third kappa shape index (κ3) is 2.65. The summed E-state index contributed by atoms with van der Waals surface area (Å²) in [4.78, 5) is 18.0. The first-order valence-electron chi connectivity index (χ1n) is 10.0. The average Bonchev–Trinajstić information content (AvgIpc) is 3.29. The van der Waals surface area contributed by atoms with Crippen molar-refractivity contribution in [1.29, 1.82) is 0 Å². The molecule has 5 nitrogen and oxygen atoms in total. The van der Waals surface area contributed by atoms with Crippen molar-refractivity contribution in [3.05, 3.63) is 111 Å². The number of halogens is 1. The minimum absolute atomic E-state index is 0.0710. The van der Waals surface area contributed by atoms with Gasteiger partial charge >= 0.3 is 0 Å². The predicted octanol–water partition coefficient (Wildman–Crippen LogP) is 5.50. The van der Waals surface area contributed by atoms with Crippen LogP contribution < -0.4 is 5.32 Å². The molecule has 4 aromatic rings. The number of aryl methyl sites for hydroxylation is 1. The van der Waals surface area contributed by atoms with Crippen LogP contribution in [-0.4, -0.2) is 20.5 Å². The normalized spacial score (nSPS) is 16.6. The topological polar surface area (TPSA) is 59.8 Å². The van der Waals surface area contributed by atoms with Crippen LogP contribution in [0.4, 0.5) is 5.82 Å². The molecule has 0 radical (unpaired) electrons. The summed E-state index contributed by atoms with van der Waals surface area (Å²) in [5.74, 6) is 1.45. The van der Waals surface area contributed by atoms with E-state index in [2.05, 4.69) is 38.4 Å². The van der Waals surface area contributed by atoms with Crippen molar-refractivity contribution in [1.82, 2.24) is 14.8 Å². The standard InChI is InChI=1S/C25H17BrN4O/c1-14-20-21(15-9-11-16(26)12-10-15)22-23(17-6-2-3-7-18(17)24(22)31)28-25(20)30(29-14)19-8-4-5-13-27-19/h2-13,21,28H,1H3/t21-/m1/s1. The number of carbonyl (C=O) groups excluding carboxylic acids is 1. The van der Waals surface area contributed by atoms with E-state index in [0.29, 0.717) is 0 Å². The predicted molar refractivity (Wildman–Crippen MR) is 123 cm³/mol. The van der Waals surface area contributed by atoms with Gasteiger partial charge in [0.1, 0.15) is 5.82 Å². The van der Waals surface area contributed by atoms with E-state index < -0.39 is 0 Å². The fraction of sp³-hybridized carbons (Fsp3) is 0.0800. The molecule has 2 aromatic heterocycles. The van der Waals surface area contributed by atoms with Gasteiger partial charge in [0.05, 0.1) is 11.4 Å². The molecule has 0 amide bonds. The first-order valence-corrected chi connectivity index (χ1v) is 10.8. The van der Waals surface area contributed by atoms with Crippen molar-refractivity contribution in [2.75, 3.05) is 5.32 Å². The molecule has 1 aliphatic heterocycles. The number of aromatic nitrogens is 3. The van der Waals surface area contributed by atoms with Crippen molar-refractivity contribution < 1.29 is 4.79 Å². The number of anilines is 1. The van der Waals surface area contributed by atoms with E-state index in [1.54, 1.807) is 6.20 Å². The lowest BCUT2D eigenvalue weighted by Crippen LogP contribution is -2.20. The third-order valence-electron chi connectivity index (χ3n) is 5.95. The summed E-state index contributed by atoms with van der Waals surface area (Å²) >= 11 is 3.53. The van der Waals surface area contributed by atoms with E-state index in [0.717, 1.165) is 55.3 Å². The molecule has 1 aliphatic carbocycles. The lowest BCUT2D eigenvalue weighted by molar-refractivity contribution is 0.103. The molecule has 3 heterocycles. The number of carbonyl (C=O) groups is 1. The maximum absolute atomic E-state index is 13.5. The summed E-state index contributed by atoms with van der Waals surface area (Å²) in [6, 6.07) is 21.7. The first kappa shape index (κ1) is 18.3. The Morgan fingerprint density at radius 1 is 0.968 bits per heavy atom. The van der Waals surface area contributed by atoms with E-state index in [-0.39, 0.29) is 11.7 Å². The smallest absolute Gasteiger partial charge is 0.192 e. The van der Waals surface area contributed by atoms with Crippen LogP contribution in [0.5, 0.6) is 0 Å². The zero-order valence-electron chi connectivity index (χ0n) is 16.6. The number of pyridine rings is 1. The Morgan fingerprint density at radius 2 is 1.71 bits per heavy atom. The second kappa shape index (κ2) is 6.75. The molecule has 0 saturated carbocycles. The highest BCUT2D eigenvalue weighted by molar-refractivity contribution is 9.10. The molecule has 0 unspecified atom stereocenters. The number of hydrogen-bond acceptors (Lipinski definition) is 4. The highest BCUT2D eigenvalue weighted by atomic mass is 79.9. The molecular weight excluding hydrogens is 452 g/mol. The van der Waals surface area contributed by atoms with Gasteiger partial charge < -0.3 is 5.32 Å². The Bertz CT molecular complexity index is 1390. The minimum atomic E-state index is -0.211. The summed E-state index contributed by atoms with van der Waals surface area (Å²) in [7, 11) is 0. The van der Waals surface area contributed by atoms with E-state index in [4.69, 9.17) is 5.10 Å². The van der Waals surface area contributed by atoms with Crippen molar-refractivity contribution in [2.24, 2.45) is 0 Å². The van der Waals surface area contributed by atoms with Gasteiger partial charge in [0.15, 0.2) is 11.6 Å². The van der Waals surface area contributed by atoms with E-state index >= 15 is 0 Å². The largest absolute Gasteiger partial charge is 0.339 e. The summed E-state index contributed by atoms with van der Waals surface area (Å²) in [5, 5.41) is 8.36. The highest BCUT2D eigenvalue weighted by Crippen LogP contribution is 2.50. The lowest BCUT2D eigenvalue weighted by Gasteiger charge is -2.27. The van der Waals surface area contributed by atoms with Crippen LogP contribution in [0.25, 0.3) is 11.5 Å². The maximum Gasteiger partial charge on any atom is 0.192 e. The average molecular weight is 469 g/mol. The van der Waals surface area contributed by atoms with Crippen molar-refractivity contribution in [2.45, 2.75) is 12.8 Å². The summed E-state index contributed by atoms with van der Waals surface area (Å²) in [5.41, 5.74) is 6.24. The number of Topliss-reactive ketones (excluding diaryl/α,β-unsaturated/α-hetero) is 1. The van der Waals surface area contributed by atoms with Gasteiger partial charge in [-0.3, -0.25) is 4.79 Å². The van der Waals surface area contributed by atoms with Crippen LogP contribution in [0.2, 0.25) is 0 Å². The number of rotatable bonds is 2. The molecule has 6 heteroatoms. The molecule has 2 aromatic carbocycles. The van der Waals surface area contributed by atoms with Crippen LogP contribution in [0.15, 0.2) is 83.0 Å². The molecule has 1 atom stereocenters. The van der Waals surface area contributed by atoms with Crippen molar-refractivity contribution in [3.63, 3.8) is 0 Å². The van der Waals surface area contributed by atoms with Gasteiger partial charge in [-0.2, -0.15) is 9.78 Å². The van der Waals surface area contributed by atoms with Crippen LogP contribution in [0.3, 0.4) is 0 Å². The van der Waals surface area contributed by atoms with Crippen LogP contribution in [-0.2, 0) is 0 Å².